The molecule has 0 aliphatic rings. The molecule has 2 unspecified atom stereocenters. The molecule has 0 fully saturated rings. The summed E-state index contributed by atoms with van der Waals surface area (Å²) in [5.41, 5.74) is 4.72. The van der Waals surface area contributed by atoms with E-state index >= 15 is 0 Å². The number of nitrogens with zero attached hydrogens (tertiary/aromatic N) is 1. The van der Waals surface area contributed by atoms with Gasteiger partial charge in [-0.25, -0.2) is 0 Å². The lowest BCUT2D eigenvalue weighted by molar-refractivity contribution is -0.385. The summed E-state index contributed by atoms with van der Waals surface area (Å²) in [4.78, 5) is 20.8. The number of primary amides is 1. The van der Waals surface area contributed by atoms with Crippen LogP contribution in [0.3, 0.4) is 0 Å². The molecule has 1 aromatic carbocycles. The van der Waals surface area contributed by atoms with Crippen LogP contribution in [0.1, 0.15) is 25.0 Å². The zero-order valence-electron chi connectivity index (χ0n) is 10.9. The Hall–Kier alpha value is -2.19. The fourth-order valence-electron chi connectivity index (χ4n) is 1.69. The van der Waals surface area contributed by atoms with Crippen LogP contribution >= 0.6 is 0 Å². The number of non-ortho nitro benzene ring substituents is 1. The highest BCUT2D eigenvalue weighted by atomic mass is 16.6. The first-order valence-corrected chi connectivity index (χ1v) is 5.92. The molecule has 0 aromatic heterocycles. The molecule has 0 bridgehead atoms. The van der Waals surface area contributed by atoms with Crippen molar-refractivity contribution in [2.45, 2.75) is 25.6 Å². The van der Waals surface area contributed by atoms with E-state index in [1.165, 1.54) is 12.1 Å². The van der Waals surface area contributed by atoms with Gasteiger partial charge in [0.1, 0.15) is 11.9 Å². The zero-order valence-corrected chi connectivity index (χ0v) is 10.9. The van der Waals surface area contributed by atoms with Gasteiger partial charge >= 0.3 is 0 Å². The van der Waals surface area contributed by atoms with E-state index in [2.05, 4.69) is 0 Å². The van der Waals surface area contributed by atoms with Crippen molar-refractivity contribution < 1.29 is 24.7 Å². The lowest BCUT2D eigenvalue weighted by Crippen LogP contribution is -2.26. The smallest absolute Gasteiger partial charge is 0.270 e. The van der Waals surface area contributed by atoms with Crippen LogP contribution in [-0.2, 0) is 4.79 Å². The lowest BCUT2D eigenvalue weighted by atomic mass is 10.0. The van der Waals surface area contributed by atoms with Crippen LogP contribution in [-0.4, -0.2) is 33.8 Å². The van der Waals surface area contributed by atoms with E-state index in [0.29, 0.717) is 0 Å². The van der Waals surface area contributed by atoms with E-state index in [1.807, 2.05) is 0 Å². The first-order valence-electron chi connectivity index (χ1n) is 5.92. The summed E-state index contributed by atoms with van der Waals surface area (Å²) in [5.74, 6) is -0.589. The molecule has 1 amide bonds. The number of hydrogen-bond donors (Lipinski definition) is 3. The number of aliphatic hydroxyl groups excluding tert-OH is 2. The van der Waals surface area contributed by atoms with E-state index in [9.17, 15) is 25.1 Å². The highest BCUT2D eigenvalue weighted by molar-refractivity contribution is 5.74. The van der Waals surface area contributed by atoms with Crippen LogP contribution in [0, 0.1) is 10.1 Å². The average molecular weight is 284 g/mol. The van der Waals surface area contributed by atoms with E-state index in [0.717, 1.165) is 6.07 Å². The fraction of sp³-hybridized carbons (Fsp3) is 0.417. The Kier molecular flexibility index (Phi) is 5.42. The standard InChI is InChI=1S/C12H16N2O6/c1-2-20-10-4-3-7(14(18)19)5-8(10)12(17)9(15)6-11(13)16/h3-5,9,12,15,17H,2,6H2,1H3,(H2,13,16). The van der Waals surface area contributed by atoms with Crippen molar-refractivity contribution in [2.75, 3.05) is 6.61 Å². The molecule has 20 heavy (non-hydrogen) atoms. The maximum atomic E-state index is 10.7. The topological polar surface area (TPSA) is 136 Å². The monoisotopic (exact) mass is 284 g/mol. The molecule has 110 valence electrons. The number of aliphatic hydroxyl groups is 2. The van der Waals surface area contributed by atoms with Gasteiger partial charge < -0.3 is 20.7 Å². The van der Waals surface area contributed by atoms with Crippen molar-refractivity contribution in [1.29, 1.82) is 0 Å². The summed E-state index contributed by atoms with van der Waals surface area (Å²) < 4.78 is 5.24. The molecular formula is C12H16N2O6. The first-order chi connectivity index (χ1) is 9.36. The molecule has 4 N–H and O–H groups in total. The molecule has 2 atom stereocenters. The largest absolute Gasteiger partial charge is 0.493 e. The van der Waals surface area contributed by atoms with Gasteiger partial charge in [-0.05, 0) is 13.0 Å². The number of nitro benzene ring substituents is 1. The number of carbonyl (C=O) groups excluding carboxylic acids is 1. The first kappa shape index (κ1) is 15.9. The van der Waals surface area contributed by atoms with Crippen molar-refractivity contribution in [2.24, 2.45) is 5.73 Å². The van der Waals surface area contributed by atoms with Gasteiger partial charge in [0.2, 0.25) is 5.91 Å². The third-order valence-electron chi connectivity index (χ3n) is 2.60. The Morgan fingerprint density at radius 2 is 2.15 bits per heavy atom. The van der Waals surface area contributed by atoms with Gasteiger partial charge in [-0.1, -0.05) is 0 Å². The molecule has 1 aromatic rings. The Labute approximate surface area is 114 Å². The van der Waals surface area contributed by atoms with E-state index < -0.39 is 29.5 Å². The predicted octanol–water partition coefficient (Wildman–Crippen LogP) is 0.263. The Morgan fingerprint density at radius 3 is 2.65 bits per heavy atom. The number of amides is 1. The molecule has 0 spiro atoms. The Balaban J connectivity index is 3.13. The highest BCUT2D eigenvalue weighted by Gasteiger charge is 2.25. The van der Waals surface area contributed by atoms with Crippen LogP contribution in [0.5, 0.6) is 5.75 Å². The van der Waals surface area contributed by atoms with Crippen LogP contribution in [0.15, 0.2) is 18.2 Å². The highest BCUT2D eigenvalue weighted by Crippen LogP contribution is 2.31. The van der Waals surface area contributed by atoms with E-state index in [4.69, 9.17) is 10.5 Å². The summed E-state index contributed by atoms with van der Waals surface area (Å²) in [6.07, 6.45) is -3.44. The summed E-state index contributed by atoms with van der Waals surface area (Å²) in [6.45, 7) is 1.99. The number of nitrogens with two attached hydrogens (primary N) is 1. The number of carbonyl (C=O) groups is 1. The second-order valence-corrected chi connectivity index (χ2v) is 4.09. The van der Waals surface area contributed by atoms with Gasteiger partial charge in [-0.3, -0.25) is 14.9 Å². The van der Waals surface area contributed by atoms with Gasteiger partial charge in [-0.15, -0.1) is 0 Å². The van der Waals surface area contributed by atoms with Crippen molar-refractivity contribution in [3.63, 3.8) is 0 Å². The van der Waals surface area contributed by atoms with Crippen molar-refractivity contribution in [1.82, 2.24) is 0 Å². The minimum atomic E-state index is -1.51. The van der Waals surface area contributed by atoms with Crippen LogP contribution < -0.4 is 10.5 Å². The fourth-order valence-corrected chi connectivity index (χ4v) is 1.69. The molecule has 0 aliphatic heterocycles. The van der Waals surface area contributed by atoms with Crippen LogP contribution in [0.2, 0.25) is 0 Å². The summed E-state index contributed by atoms with van der Waals surface area (Å²) in [7, 11) is 0. The molecule has 8 heteroatoms. The summed E-state index contributed by atoms with van der Waals surface area (Å²) in [5, 5.41) is 30.4. The van der Waals surface area contributed by atoms with E-state index in [-0.39, 0.29) is 23.6 Å². The third kappa shape index (κ3) is 3.90. The van der Waals surface area contributed by atoms with Crippen molar-refractivity contribution >= 4 is 11.6 Å². The van der Waals surface area contributed by atoms with Crippen LogP contribution in [0.25, 0.3) is 0 Å². The number of rotatable bonds is 7. The molecule has 0 saturated carbocycles. The molecule has 1 rings (SSSR count). The number of hydrogen-bond acceptors (Lipinski definition) is 6. The molecule has 0 saturated heterocycles. The third-order valence-corrected chi connectivity index (χ3v) is 2.60. The van der Waals surface area contributed by atoms with Gasteiger partial charge in [0, 0.05) is 17.7 Å². The Bertz CT molecular complexity index is 505. The van der Waals surface area contributed by atoms with Gasteiger partial charge in [0.25, 0.3) is 5.69 Å². The molecule has 8 nitrogen and oxygen atoms in total. The second kappa shape index (κ2) is 6.83. The maximum absolute atomic E-state index is 10.7. The molecular weight excluding hydrogens is 268 g/mol. The molecule has 0 aliphatic carbocycles. The molecule has 0 heterocycles. The minimum Gasteiger partial charge on any atom is -0.493 e. The average Bonchev–Trinajstić information content (AvgIpc) is 2.37. The van der Waals surface area contributed by atoms with Gasteiger partial charge in [0.05, 0.1) is 24.1 Å². The van der Waals surface area contributed by atoms with Gasteiger partial charge in [0.15, 0.2) is 0 Å². The number of ether oxygens (including phenoxy) is 1. The SMILES string of the molecule is CCOc1ccc([N+](=O)[O-])cc1C(O)C(O)CC(N)=O. The lowest BCUT2D eigenvalue weighted by Gasteiger charge is -2.19. The number of nitro groups is 1. The number of benzene rings is 1. The van der Waals surface area contributed by atoms with Gasteiger partial charge in [-0.2, -0.15) is 0 Å². The normalized spacial score (nSPS) is 13.6. The van der Waals surface area contributed by atoms with E-state index in [1.54, 1.807) is 6.92 Å². The van der Waals surface area contributed by atoms with Crippen LogP contribution in [0.4, 0.5) is 5.69 Å². The van der Waals surface area contributed by atoms with Crippen molar-refractivity contribution in [3.05, 3.63) is 33.9 Å². The summed E-state index contributed by atoms with van der Waals surface area (Å²) in [6, 6.07) is 3.65. The minimum absolute atomic E-state index is 0.0369. The summed E-state index contributed by atoms with van der Waals surface area (Å²) >= 11 is 0. The predicted molar refractivity (Wildman–Crippen MR) is 69.0 cm³/mol. The quantitative estimate of drug-likeness (QED) is 0.485. The molecule has 0 radical (unpaired) electrons. The maximum Gasteiger partial charge on any atom is 0.270 e. The second-order valence-electron chi connectivity index (χ2n) is 4.09. The van der Waals surface area contributed by atoms with Crippen molar-refractivity contribution in [3.8, 4) is 5.75 Å². The zero-order chi connectivity index (χ0) is 15.3. The Morgan fingerprint density at radius 1 is 1.50 bits per heavy atom.